The minimum absolute atomic E-state index is 0.116. The number of esters is 1. The van der Waals surface area contributed by atoms with Crippen molar-refractivity contribution < 1.29 is 14.3 Å². The molecule has 0 unspecified atom stereocenters. The lowest BCUT2D eigenvalue weighted by atomic mass is 10.0. The van der Waals surface area contributed by atoms with E-state index in [2.05, 4.69) is 39.5 Å². The number of carbonyl (C=O) groups is 2. The maximum Gasteiger partial charge on any atom is 0.331 e. The van der Waals surface area contributed by atoms with Crippen LogP contribution in [0.3, 0.4) is 0 Å². The summed E-state index contributed by atoms with van der Waals surface area (Å²) in [6, 6.07) is 20.1. The maximum absolute atomic E-state index is 12.2. The van der Waals surface area contributed by atoms with Crippen LogP contribution in [0.2, 0.25) is 0 Å². The highest BCUT2D eigenvalue weighted by Crippen LogP contribution is 2.17. The highest BCUT2D eigenvalue weighted by molar-refractivity contribution is 5.93. The zero-order chi connectivity index (χ0) is 22.2. The summed E-state index contributed by atoms with van der Waals surface area (Å²) in [6.07, 6.45) is 6.49. The minimum atomic E-state index is -0.550. The van der Waals surface area contributed by atoms with Gasteiger partial charge in [0.25, 0.3) is 5.91 Å². The summed E-state index contributed by atoms with van der Waals surface area (Å²) in [6.45, 7) is 2.52. The van der Waals surface area contributed by atoms with Crippen molar-refractivity contribution in [2.75, 3.05) is 19.7 Å². The van der Waals surface area contributed by atoms with Gasteiger partial charge < -0.3 is 10.1 Å². The molecule has 1 saturated heterocycles. The molecule has 2 aromatic carbocycles. The predicted molar refractivity (Wildman–Crippen MR) is 125 cm³/mol. The van der Waals surface area contributed by atoms with E-state index in [4.69, 9.17) is 4.74 Å². The number of piperidine rings is 1. The van der Waals surface area contributed by atoms with Crippen molar-refractivity contribution in [1.29, 1.82) is 0 Å². The van der Waals surface area contributed by atoms with Gasteiger partial charge in [-0.05, 0) is 30.5 Å². The Hall–Kier alpha value is -3.51. The third-order valence-corrected chi connectivity index (χ3v) is 5.61. The monoisotopic (exact) mass is 429 g/mol. The molecule has 3 aromatic rings. The number of fused-ring (bicyclic) bond motifs is 1. The molecule has 1 aromatic heterocycles. The third kappa shape index (κ3) is 6.02. The number of nitrogens with one attached hydrogen (secondary N) is 1. The molecule has 164 valence electrons. The number of nitrogens with zero attached hydrogens (tertiary/aromatic N) is 2. The van der Waals surface area contributed by atoms with E-state index in [9.17, 15) is 9.59 Å². The fraction of sp³-hybridized carbons (Fsp3) is 0.269. The molecule has 0 atom stereocenters. The van der Waals surface area contributed by atoms with E-state index in [-0.39, 0.29) is 18.6 Å². The molecule has 1 N–H and O–H groups in total. The lowest BCUT2D eigenvalue weighted by Crippen LogP contribution is -2.45. The topological polar surface area (TPSA) is 71.5 Å². The van der Waals surface area contributed by atoms with E-state index in [1.54, 1.807) is 12.3 Å². The van der Waals surface area contributed by atoms with Gasteiger partial charge in [-0.3, -0.25) is 14.7 Å². The van der Waals surface area contributed by atoms with Crippen LogP contribution in [-0.4, -0.2) is 47.5 Å². The van der Waals surface area contributed by atoms with Gasteiger partial charge in [0.05, 0.1) is 5.52 Å². The summed E-state index contributed by atoms with van der Waals surface area (Å²) in [5.41, 5.74) is 2.94. The van der Waals surface area contributed by atoms with E-state index in [1.165, 1.54) is 11.6 Å². The molecule has 32 heavy (non-hydrogen) atoms. The Kier molecular flexibility index (Phi) is 7.25. The van der Waals surface area contributed by atoms with Crippen molar-refractivity contribution in [3.05, 3.63) is 84.1 Å². The van der Waals surface area contributed by atoms with E-state index in [0.29, 0.717) is 0 Å². The Morgan fingerprint density at radius 2 is 1.81 bits per heavy atom. The fourth-order valence-electron chi connectivity index (χ4n) is 3.95. The quantitative estimate of drug-likeness (QED) is 0.459. The second kappa shape index (κ2) is 10.7. The fourth-order valence-corrected chi connectivity index (χ4v) is 3.95. The number of para-hydroxylation sites is 1. The number of hydrogen-bond acceptors (Lipinski definition) is 5. The van der Waals surface area contributed by atoms with Crippen LogP contribution in [0.1, 0.15) is 24.0 Å². The smallest absolute Gasteiger partial charge is 0.331 e. The van der Waals surface area contributed by atoms with Gasteiger partial charge in [-0.15, -0.1) is 0 Å². The number of amides is 1. The summed E-state index contributed by atoms with van der Waals surface area (Å²) in [5.74, 6) is -0.814. The first-order valence-corrected chi connectivity index (χ1v) is 10.9. The van der Waals surface area contributed by atoms with Gasteiger partial charge in [0.2, 0.25) is 0 Å². The summed E-state index contributed by atoms with van der Waals surface area (Å²) >= 11 is 0. The van der Waals surface area contributed by atoms with Crippen LogP contribution in [0.5, 0.6) is 0 Å². The molecule has 1 amide bonds. The minimum Gasteiger partial charge on any atom is -0.452 e. The van der Waals surface area contributed by atoms with Crippen molar-refractivity contribution in [2.45, 2.75) is 25.4 Å². The second-order valence-electron chi connectivity index (χ2n) is 7.97. The summed E-state index contributed by atoms with van der Waals surface area (Å²) in [5, 5.41) is 3.98. The normalized spacial score (nSPS) is 15.1. The SMILES string of the molecule is O=C(COC(=O)/C=C/c1cccc2cccnc12)NC1CCN(Cc2ccccc2)CC1. The number of rotatable bonds is 7. The molecule has 0 radical (unpaired) electrons. The molecule has 0 saturated carbocycles. The maximum atomic E-state index is 12.2. The lowest BCUT2D eigenvalue weighted by molar-refractivity contribution is -0.144. The summed E-state index contributed by atoms with van der Waals surface area (Å²) in [7, 11) is 0. The first-order chi connectivity index (χ1) is 15.7. The Morgan fingerprint density at radius 1 is 1.03 bits per heavy atom. The highest BCUT2D eigenvalue weighted by Gasteiger charge is 2.21. The zero-order valence-corrected chi connectivity index (χ0v) is 17.9. The lowest BCUT2D eigenvalue weighted by Gasteiger charge is -2.32. The van der Waals surface area contributed by atoms with Crippen molar-refractivity contribution in [2.24, 2.45) is 0 Å². The molecule has 0 bridgehead atoms. The van der Waals surface area contributed by atoms with Crippen LogP contribution in [0, 0.1) is 0 Å². The van der Waals surface area contributed by atoms with E-state index < -0.39 is 5.97 Å². The Labute approximate surface area is 187 Å². The highest BCUT2D eigenvalue weighted by atomic mass is 16.5. The number of pyridine rings is 1. The van der Waals surface area contributed by atoms with Gasteiger partial charge in [-0.25, -0.2) is 4.79 Å². The van der Waals surface area contributed by atoms with E-state index in [0.717, 1.165) is 48.9 Å². The van der Waals surface area contributed by atoms with Gasteiger partial charge in [0, 0.05) is 48.9 Å². The summed E-state index contributed by atoms with van der Waals surface area (Å²) < 4.78 is 5.11. The van der Waals surface area contributed by atoms with Crippen LogP contribution in [-0.2, 0) is 20.9 Å². The molecule has 1 aliphatic rings. The largest absolute Gasteiger partial charge is 0.452 e. The predicted octanol–water partition coefficient (Wildman–Crippen LogP) is 3.57. The van der Waals surface area contributed by atoms with Gasteiger partial charge in [0.15, 0.2) is 6.61 Å². The van der Waals surface area contributed by atoms with Crippen molar-refractivity contribution in [3.63, 3.8) is 0 Å². The van der Waals surface area contributed by atoms with Crippen LogP contribution in [0.4, 0.5) is 0 Å². The van der Waals surface area contributed by atoms with Crippen LogP contribution < -0.4 is 5.32 Å². The zero-order valence-electron chi connectivity index (χ0n) is 17.9. The molecule has 0 spiro atoms. The standard InChI is InChI=1S/C26H27N3O3/c30-24(28-23-13-16-29(17-14-23)18-20-6-2-1-3-7-20)19-32-25(31)12-11-22-9-4-8-21-10-5-15-27-26(21)22/h1-12,15,23H,13-14,16-19H2,(H,28,30)/b12-11+. The molecule has 2 heterocycles. The van der Waals surface area contributed by atoms with Gasteiger partial charge in [0.1, 0.15) is 0 Å². The average molecular weight is 430 g/mol. The first kappa shape index (κ1) is 21.7. The molecular weight excluding hydrogens is 402 g/mol. The average Bonchev–Trinajstić information content (AvgIpc) is 2.83. The van der Waals surface area contributed by atoms with Gasteiger partial charge in [-0.2, -0.15) is 0 Å². The van der Waals surface area contributed by atoms with Crippen molar-refractivity contribution in [1.82, 2.24) is 15.2 Å². The second-order valence-corrected chi connectivity index (χ2v) is 7.97. The third-order valence-electron chi connectivity index (χ3n) is 5.61. The first-order valence-electron chi connectivity index (χ1n) is 10.9. The number of aromatic nitrogens is 1. The molecule has 1 aliphatic heterocycles. The van der Waals surface area contributed by atoms with Crippen LogP contribution in [0.25, 0.3) is 17.0 Å². The van der Waals surface area contributed by atoms with E-state index in [1.807, 2.05) is 36.4 Å². The Morgan fingerprint density at radius 3 is 2.62 bits per heavy atom. The Bertz CT molecular complexity index is 1080. The van der Waals surface area contributed by atoms with E-state index >= 15 is 0 Å². The number of benzene rings is 2. The molecular formula is C26H27N3O3. The number of hydrogen-bond donors (Lipinski definition) is 1. The number of carbonyl (C=O) groups excluding carboxylic acids is 2. The molecule has 1 fully saturated rings. The Balaban J connectivity index is 1.19. The van der Waals surface area contributed by atoms with Gasteiger partial charge >= 0.3 is 5.97 Å². The molecule has 0 aliphatic carbocycles. The molecule has 6 heteroatoms. The number of ether oxygens (including phenoxy) is 1. The molecule has 4 rings (SSSR count). The van der Waals surface area contributed by atoms with Crippen molar-refractivity contribution in [3.8, 4) is 0 Å². The van der Waals surface area contributed by atoms with Crippen molar-refractivity contribution >= 4 is 28.9 Å². The van der Waals surface area contributed by atoms with Crippen LogP contribution >= 0.6 is 0 Å². The summed E-state index contributed by atoms with van der Waals surface area (Å²) in [4.78, 5) is 31.0. The van der Waals surface area contributed by atoms with Gasteiger partial charge in [-0.1, -0.05) is 54.6 Å². The molecule has 6 nitrogen and oxygen atoms in total. The number of likely N-dealkylation sites (tertiary alicyclic amines) is 1. The van der Waals surface area contributed by atoms with Crippen LogP contribution in [0.15, 0.2) is 72.9 Å².